The van der Waals surface area contributed by atoms with Crippen LogP contribution >= 0.6 is 11.6 Å². The van der Waals surface area contributed by atoms with E-state index in [0.29, 0.717) is 46.2 Å². The number of amides is 1. The van der Waals surface area contributed by atoms with E-state index in [2.05, 4.69) is 25.5 Å². The first-order chi connectivity index (χ1) is 15.9. The molecular weight excluding hydrogens is 454 g/mol. The minimum Gasteiger partial charge on any atom is -0.392 e. The highest BCUT2D eigenvalue weighted by Gasteiger charge is 2.43. The average molecular weight is 473 g/mol. The average Bonchev–Trinajstić information content (AvgIpc) is 3.16. The van der Waals surface area contributed by atoms with Crippen LogP contribution in [-0.2, 0) is 4.79 Å². The zero-order valence-electron chi connectivity index (χ0n) is 17.2. The molecule has 6 rings (SSSR count). The molecule has 3 heterocycles. The minimum absolute atomic E-state index is 0.0961. The Morgan fingerprint density at radius 3 is 2.85 bits per heavy atom. The van der Waals surface area contributed by atoms with Crippen molar-refractivity contribution in [2.75, 3.05) is 5.32 Å². The molecule has 3 aromatic heterocycles. The molecule has 2 fully saturated rings. The van der Waals surface area contributed by atoms with Gasteiger partial charge in [-0.3, -0.25) is 14.9 Å². The number of halogens is 3. The van der Waals surface area contributed by atoms with Gasteiger partial charge in [0, 0.05) is 28.6 Å². The van der Waals surface area contributed by atoms with Crippen LogP contribution in [0.3, 0.4) is 0 Å². The number of rotatable bonds is 4. The Morgan fingerprint density at radius 2 is 2.12 bits per heavy atom. The Morgan fingerprint density at radius 1 is 1.30 bits per heavy atom. The van der Waals surface area contributed by atoms with Crippen LogP contribution in [0.15, 0.2) is 24.8 Å². The van der Waals surface area contributed by atoms with E-state index in [1.54, 1.807) is 23.0 Å². The summed E-state index contributed by atoms with van der Waals surface area (Å²) in [6, 6.07) is 0. The lowest BCUT2D eigenvalue weighted by atomic mass is 9.91. The summed E-state index contributed by atoms with van der Waals surface area (Å²) in [5, 5.41) is 20.4. The molecule has 2 aliphatic rings. The van der Waals surface area contributed by atoms with Gasteiger partial charge in [0.2, 0.25) is 5.91 Å². The van der Waals surface area contributed by atoms with Gasteiger partial charge in [-0.2, -0.15) is 5.10 Å². The third-order valence-electron chi connectivity index (χ3n) is 6.58. The van der Waals surface area contributed by atoms with Crippen molar-refractivity contribution in [3.8, 4) is 11.3 Å². The molecule has 33 heavy (non-hydrogen) atoms. The van der Waals surface area contributed by atoms with E-state index in [9.17, 15) is 14.3 Å². The molecule has 1 amide bonds. The highest BCUT2D eigenvalue weighted by atomic mass is 35.5. The van der Waals surface area contributed by atoms with Crippen molar-refractivity contribution < 1.29 is 18.7 Å². The second kappa shape index (κ2) is 7.46. The number of benzene rings is 1. The summed E-state index contributed by atoms with van der Waals surface area (Å²) in [4.78, 5) is 20.7. The monoisotopic (exact) mass is 472 g/mol. The maximum absolute atomic E-state index is 15.5. The number of carbonyl (C=O) groups excluding carboxylic acids is 1. The van der Waals surface area contributed by atoms with Crippen LogP contribution < -0.4 is 5.32 Å². The van der Waals surface area contributed by atoms with Crippen molar-refractivity contribution in [3.63, 3.8) is 0 Å². The number of aromatic amines is 1. The van der Waals surface area contributed by atoms with Crippen LogP contribution in [0.1, 0.15) is 37.2 Å². The number of imidazole rings is 1. The number of hydrogen-bond acceptors (Lipinski definition) is 5. The van der Waals surface area contributed by atoms with Crippen LogP contribution in [0.2, 0.25) is 5.02 Å². The molecule has 11 heteroatoms. The lowest BCUT2D eigenvalue weighted by Crippen LogP contribution is -2.15. The summed E-state index contributed by atoms with van der Waals surface area (Å²) >= 11 is 6.52. The molecule has 2 saturated carbocycles. The molecule has 170 valence electrons. The normalized spacial score (nSPS) is 24.6. The standard InChI is InChI=1S/C22H19ClF2N6O2/c23-19-17(11-5-27-30-21(11)18(20(19)25)9-2-1-3-14(9)32)13-7-31-8-15(28-16(31)6-26-13)29-22(33)10-4-12(10)24/h5-10,12,14,32H,1-4H2,(H,27,30)(H,29,33). The van der Waals surface area contributed by atoms with E-state index in [-0.39, 0.29) is 23.2 Å². The zero-order valence-corrected chi connectivity index (χ0v) is 18.0. The topological polar surface area (TPSA) is 108 Å². The first-order valence-corrected chi connectivity index (χ1v) is 11.1. The maximum Gasteiger partial charge on any atom is 0.231 e. The van der Waals surface area contributed by atoms with Crippen molar-refractivity contribution in [2.45, 2.75) is 43.9 Å². The predicted molar refractivity (Wildman–Crippen MR) is 117 cm³/mol. The number of aliphatic hydroxyl groups excluding tert-OH is 1. The van der Waals surface area contributed by atoms with E-state index >= 15 is 4.39 Å². The van der Waals surface area contributed by atoms with Crippen LogP contribution in [0.5, 0.6) is 0 Å². The van der Waals surface area contributed by atoms with Crippen molar-refractivity contribution in [2.24, 2.45) is 5.92 Å². The zero-order chi connectivity index (χ0) is 22.9. The minimum atomic E-state index is -1.10. The fourth-order valence-electron chi connectivity index (χ4n) is 4.76. The number of fused-ring (bicyclic) bond motifs is 2. The number of nitrogens with one attached hydrogen (secondary N) is 2. The van der Waals surface area contributed by atoms with Gasteiger partial charge in [0.05, 0.1) is 46.8 Å². The molecule has 4 unspecified atom stereocenters. The van der Waals surface area contributed by atoms with Crippen LogP contribution in [0, 0.1) is 11.7 Å². The molecule has 0 aliphatic heterocycles. The summed E-state index contributed by atoms with van der Waals surface area (Å²) in [6.07, 6.45) is 6.84. The summed E-state index contributed by atoms with van der Waals surface area (Å²) in [6.45, 7) is 0. The highest BCUT2D eigenvalue weighted by molar-refractivity contribution is 6.35. The number of H-pyrrole nitrogens is 1. The summed E-state index contributed by atoms with van der Waals surface area (Å²) in [7, 11) is 0. The number of anilines is 1. The Balaban J connectivity index is 1.43. The second-order valence-corrected chi connectivity index (χ2v) is 9.07. The van der Waals surface area contributed by atoms with Crippen LogP contribution in [0.25, 0.3) is 27.8 Å². The number of aromatic nitrogens is 5. The van der Waals surface area contributed by atoms with Gasteiger partial charge in [0.15, 0.2) is 11.5 Å². The van der Waals surface area contributed by atoms with E-state index in [1.807, 2.05) is 0 Å². The molecule has 4 aromatic rings. The van der Waals surface area contributed by atoms with Gasteiger partial charge in [-0.25, -0.2) is 13.8 Å². The van der Waals surface area contributed by atoms with Crippen molar-refractivity contribution >= 4 is 39.9 Å². The molecule has 0 spiro atoms. The number of carbonyl (C=O) groups is 1. The van der Waals surface area contributed by atoms with Gasteiger partial charge in [-0.15, -0.1) is 0 Å². The quantitative estimate of drug-likeness (QED) is 0.416. The van der Waals surface area contributed by atoms with Crippen LogP contribution in [-0.4, -0.2) is 47.9 Å². The molecule has 0 saturated heterocycles. The fraction of sp³-hybridized carbons (Fsp3) is 0.364. The van der Waals surface area contributed by atoms with Gasteiger partial charge in [0.25, 0.3) is 0 Å². The van der Waals surface area contributed by atoms with Gasteiger partial charge in [0.1, 0.15) is 12.0 Å². The lowest BCUT2D eigenvalue weighted by molar-refractivity contribution is -0.117. The van der Waals surface area contributed by atoms with Crippen molar-refractivity contribution in [3.05, 3.63) is 41.2 Å². The summed E-state index contributed by atoms with van der Waals surface area (Å²) in [5.74, 6) is -1.72. The van der Waals surface area contributed by atoms with Gasteiger partial charge >= 0.3 is 0 Å². The van der Waals surface area contributed by atoms with Gasteiger partial charge < -0.3 is 14.8 Å². The predicted octanol–water partition coefficient (Wildman–Crippen LogP) is 3.99. The first-order valence-electron chi connectivity index (χ1n) is 10.7. The Labute approximate surface area is 191 Å². The largest absolute Gasteiger partial charge is 0.392 e. The molecule has 3 N–H and O–H groups in total. The fourth-order valence-corrected chi connectivity index (χ4v) is 5.06. The van der Waals surface area contributed by atoms with E-state index < -0.39 is 29.9 Å². The SMILES string of the molecule is O=C(Nc1cn2cc(-c3c(Cl)c(F)c(C4CCCC4O)c4[nH]ncc34)ncc2n1)C1CC1F. The van der Waals surface area contributed by atoms with E-state index in [0.717, 1.165) is 6.42 Å². The molecule has 2 aliphatic carbocycles. The molecule has 0 bridgehead atoms. The lowest BCUT2D eigenvalue weighted by Gasteiger charge is -2.19. The molecule has 4 atom stereocenters. The summed E-state index contributed by atoms with van der Waals surface area (Å²) in [5.41, 5.74) is 2.04. The Bertz CT molecular complexity index is 1420. The maximum atomic E-state index is 15.5. The van der Waals surface area contributed by atoms with Gasteiger partial charge in [-0.05, 0) is 19.3 Å². The number of alkyl halides is 1. The van der Waals surface area contributed by atoms with E-state index in [1.165, 1.54) is 6.20 Å². The van der Waals surface area contributed by atoms with E-state index in [4.69, 9.17) is 11.6 Å². The van der Waals surface area contributed by atoms with Gasteiger partial charge in [-0.1, -0.05) is 18.0 Å². The summed E-state index contributed by atoms with van der Waals surface area (Å²) < 4.78 is 30.3. The third kappa shape index (κ3) is 3.27. The number of nitrogens with zero attached hydrogens (tertiary/aromatic N) is 4. The molecule has 8 nitrogen and oxygen atoms in total. The first kappa shape index (κ1) is 20.5. The highest BCUT2D eigenvalue weighted by Crippen LogP contribution is 2.45. The smallest absolute Gasteiger partial charge is 0.231 e. The number of aliphatic hydroxyl groups is 1. The van der Waals surface area contributed by atoms with Crippen LogP contribution in [0.4, 0.5) is 14.6 Å². The van der Waals surface area contributed by atoms with Crippen molar-refractivity contribution in [1.29, 1.82) is 0 Å². The second-order valence-electron chi connectivity index (χ2n) is 8.69. The Hall–Kier alpha value is -3.11. The third-order valence-corrected chi connectivity index (χ3v) is 6.93. The molecule has 0 radical (unpaired) electrons. The Kier molecular flexibility index (Phi) is 4.63. The number of hydrogen-bond donors (Lipinski definition) is 3. The molecule has 1 aromatic carbocycles. The van der Waals surface area contributed by atoms with Crippen molar-refractivity contribution in [1.82, 2.24) is 24.6 Å². The molecular formula is C22H19ClF2N6O2.